The number of hydrogen-bond donors (Lipinski definition) is 2. The number of alkyl halides is 3. The first-order chi connectivity index (χ1) is 14.7. The minimum absolute atomic E-state index is 0.0986. The topological polar surface area (TPSA) is 78.5 Å². The molecule has 158 valence electrons. The fraction of sp³-hybridized carbons (Fsp3) is 0.100. The Labute approximate surface area is 183 Å². The fourth-order valence-electron chi connectivity index (χ4n) is 3.31. The molecule has 6 nitrogen and oxygen atoms in total. The van der Waals surface area contributed by atoms with Crippen molar-refractivity contribution in [3.63, 3.8) is 0 Å². The molecule has 0 aromatic heterocycles. The third-order valence-electron chi connectivity index (χ3n) is 4.58. The molecule has 2 aromatic rings. The van der Waals surface area contributed by atoms with E-state index in [1.807, 2.05) is 0 Å². The van der Waals surface area contributed by atoms with Gasteiger partial charge in [-0.15, -0.1) is 0 Å². The van der Waals surface area contributed by atoms with Crippen molar-refractivity contribution in [1.82, 2.24) is 5.32 Å². The Hall–Kier alpha value is -3.18. The second-order valence-corrected chi connectivity index (χ2v) is 8.24. The molecule has 0 spiro atoms. The van der Waals surface area contributed by atoms with Gasteiger partial charge in [0.05, 0.1) is 27.4 Å². The van der Waals surface area contributed by atoms with Crippen molar-refractivity contribution in [2.24, 2.45) is 0 Å². The van der Waals surface area contributed by atoms with Gasteiger partial charge in [0.2, 0.25) is 5.91 Å². The van der Waals surface area contributed by atoms with E-state index in [4.69, 9.17) is 12.2 Å². The smallest absolute Gasteiger partial charge is 0.324 e. The molecule has 4 rings (SSSR count). The molecule has 0 saturated carbocycles. The molecule has 3 amide bonds. The molecule has 11 heteroatoms. The number of thiocarbonyl (C=S) groups is 1. The van der Waals surface area contributed by atoms with Gasteiger partial charge < -0.3 is 10.6 Å². The summed E-state index contributed by atoms with van der Waals surface area (Å²) in [5, 5.41) is 4.67. The van der Waals surface area contributed by atoms with Crippen molar-refractivity contribution < 1.29 is 27.6 Å². The lowest BCUT2D eigenvalue weighted by atomic mass is 10.1. The van der Waals surface area contributed by atoms with E-state index in [1.54, 1.807) is 24.3 Å². The fourth-order valence-corrected chi connectivity index (χ4v) is 4.42. The van der Waals surface area contributed by atoms with Gasteiger partial charge in [-0.3, -0.25) is 19.3 Å². The summed E-state index contributed by atoms with van der Waals surface area (Å²) in [7, 11) is 0. The van der Waals surface area contributed by atoms with Crippen molar-refractivity contribution in [3.05, 3.63) is 64.6 Å². The number of nitrogens with one attached hydrogen (secondary N) is 2. The van der Waals surface area contributed by atoms with E-state index in [0.717, 1.165) is 28.8 Å². The Bertz CT molecular complexity index is 1180. The maximum atomic E-state index is 13.2. The first kappa shape index (κ1) is 21.1. The Morgan fingerprint density at radius 2 is 1.77 bits per heavy atom. The summed E-state index contributed by atoms with van der Waals surface area (Å²) < 4.78 is 39.8. The lowest BCUT2D eigenvalue weighted by Crippen LogP contribution is -2.36. The highest BCUT2D eigenvalue weighted by molar-refractivity contribution is 8.27. The normalized spacial score (nSPS) is 18.3. The van der Waals surface area contributed by atoms with E-state index in [1.165, 1.54) is 12.1 Å². The minimum atomic E-state index is -4.65. The summed E-state index contributed by atoms with van der Waals surface area (Å²) in [6, 6.07) is 11.1. The molecule has 2 aromatic carbocycles. The van der Waals surface area contributed by atoms with E-state index in [-0.39, 0.29) is 14.8 Å². The van der Waals surface area contributed by atoms with Crippen molar-refractivity contribution in [2.75, 3.05) is 16.8 Å². The highest BCUT2D eigenvalue weighted by Crippen LogP contribution is 2.42. The maximum Gasteiger partial charge on any atom is 0.418 e. The molecule has 2 aliphatic heterocycles. The van der Waals surface area contributed by atoms with Crippen LogP contribution in [0.4, 0.5) is 24.5 Å². The number of amides is 3. The maximum absolute atomic E-state index is 13.2. The summed E-state index contributed by atoms with van der Waals surface area (Å²) in [5.41, 5.74) is -0.485. The lowest BCUT2D eigenvalue weighted by molar-refractivity contribution is -0.137. The summed E-state index contributed by atoms with van der Waals surface area (Å²) in [5.74, 6) is -1.94. The zero-order valence-corrected chi connectivity index (χ0v) is 17.1. The highest BCUT2D eigenvalue weighted by Gasteiger charge is 2.40. The van der Waals surface area contributed by atoms with Crippen LogP contribution in [0.15, 0.2) is 53.4 Å². The van der Waals surface area contributed by atoms with Crippen molar-refractivity contribution in [3.8, 4) is 0 Å². The third kappa shape index (κ3) is 3.93. The molecule has 1 fully saturated rings. The van der Waals surface area contributed by atoms with Crippen LogP contribution >= 0.6 is 24.0 Å². The van der Waals surface area contributed by atoms with Crippen LogP contribution in [0.25, 0.3) is 5.57 Å². The van der Waals surface area contributed by atoms with Crippen LogP contribution < -0.4 is 15.5 Å². The monoisotopic (exact) mass is 463 g/mol. The zero-order valence-electron chi connectivity index (χ0n) is 15.4. The first-order valence-electron chi connectivity index (χ1n) is 8.81. The average Bonchev–Trinajstić information content (AvgIpc) is 3.17. The van der Waals surface area contributed by atoms with Crippen LogP contribution in [0.3, 0.4) is 0 Å². The molecule has 1 saturated heterocycles. The van der Waals surface area contributed by atoms with Crippen LogP contribution in [-0.2, 0) is 20.6 Å². The van der Waals surface area contributed by atoms with Gasteiger partial charge in [-0.05, 0) is 18.2 Å². The van der Waals surface area contributed by atoms with Crippen LogP contribution in [-0.4, -0.2) is 28.6 Å². The predicted molar refractivity (Wildman–Crippen MR) is 114 cm³/mol. The molecule has 2 N–H and O–H groups in total. The molecule has 31 heavy (non-hydrogen) atoms. The second-order valence-electron chi connectivity index (χ2n) is 6.55. The molecule has 2 aliphatic rings. The zero-order chi connectivity index (χ0) is 22.3. The Morgan fingerprint density at radius 3 is 2.45 bits per heavy atom. The van der Waals surface area contributed by atoms with E-state index in [0.29, 0.717) is 11.3 Å². The number of carbonyl (C=O) groups is 3. The molecule has 0 aliphatic carbocycles. The summed E-state index contributed by atoms with van der Waals surface area (Å²) in [4.78, 5) is 39.1. The van der Waals surface area contributed by atoms with Crippen molar-refractivity contribution in [2.45, 2.75) is 6.18 Å². The summed E-state index contributed by atoms with van der Waals surface area (Å²) in [6.45, 7) is -0.532. The standard InChI is InChI=1S/C20H12F3N3O3S2/c21-20(22,23)11-6-2-3-7-12(11)24-14(27)9-26-13-8-4-1-5-10(13)15(18(26)29)16-17(28)25-19(30)31-16/h1-8H,9H2,(H,24,27)(H,25,28,30)/b16-15+. The molecule has 2 heterocycles. The van der Waals surface area contributed by atoms with Gasteiger partial charge in [-0.2, -0.15) is 13.2 Å². The third-order valence-corrected chi connectivity index (χ3v) is 5.81. The van der Waals surface area contributed by atoms with E-state index in [2.05, 4.69) is 10.6 Å². The van der Waals surface area contributed by atoms with E-state index < -0.39 is 41.7 Å². The Morgan fingerprint density at radius 1 is 1.10 bits per heavy atom. The molecular formula is C20H12F3N3O3S2. The molecule has 0 bridgehead atoms. The quantitative estimate of drug-likeness (QED) is 0.538. The van der Waals surface area contributed by atoms with Gasteiger partial charge in [-0.25, -0.2) is 0 Å². The molecule has 0 atom stereocenters. The van der Waals surface area contributed by atoms with Gasteiger partial charge in [0.1, 0.15) is 10.9 Å². The average molecular weight is 463 g/mol. The number of benzene rings is 2. The summed E-state index contributed by atoms with van der Waals surface area (Å²) >= 11 is 5.92. The number of carbonyl (C=O) groups excluding carboxylic acids is 3. The van der Waals surface area contributed by atoms with E-state index in [9.17, 15) is 27.6 Å². The van der Waals surface area contributed by atoms with Crippen molar-refractivity contribution >= 4 is 63.0 Å². The molecule has 0 radical (unpaired) electrons. The van der Waals surface area contributed by atoms with Gasteiger partial charge in [0, 0.05) is 5.56 Å². The minimum Gasteiger partial charge on any atom is -0.324 e. The molecule has 0 unspecified atom stereocenters. The number of fused-ring (bicyclic) bond motifs is 1. The van der Waals surface area contributed by atoms with Crippen LogP contribution in [0, 0.1) is 0 Å². The summed E-state index contributed by atoms with van der Waals surface area (Å²) in [6.07, 6.45) is -4.65. The first-order valence-corrected chi connectivity index (χ1v) is 10.0. The number of hydrogen-bond acceptors (Lipinski definition) is 5. The number of anilines is 2. The van der Waals surface area contributed by atoms with Crippen molar-refractivity contribution in [1.29, 1.82) is 0 Å². The van der Waals surface area contributed by atoms with Gasteiger partial charge >= 0.3 is 6.18 Å². The van der Waals surface area contributed by atoms with Crippen LogP contribution in [0.1, 0.15) is 11.1 Å². The predicted octanol–water partition coefficient (Wildman–Crippen LogP) is 3.55. The second kappa shape index (κ2) is 7.82. The number of nitrogens with zero attached hydrogens (tertiary/aromatic N) is 1. The SMILES string of the molecule is O=C(CN1C(=O)/C(=C2/SC(=S)NC2=O)c2ccccc21)Nc1ccccc1C(F)(F)F. The highest BCUT2D eigenvalue weighted by atomic mass is 32.2. The Balaban J connectivity index is 1.64. The number of para-hydroxylation sites is 2. The Kier molecular flexibility index (Phi) is 5.31. The largest absolute Gasteiger partial charge is 0.418 e. The molecular weight excluding hydrogens is 451 g/mol. The van der Waals surface area contributed by atoms with Gasteiger partial charge in [0.25, 0.3) is 11.8 Å². The van der Waals surface area contributed by atoms with Gasteiger partial charge in [0.15, 0.2) is 0 Å². The number of rotatable bonds is 3. The lowest BCUT2D eigenvalue weighted by Gasteiger charge is -2.18. The number of halogens is 3. The van der Waals surface area contributed by atoms with Crippen LogP contribution in [0.2, 0.25) is 0 Å². The van der Waals surface area contributed by atoms with E-state index >= 15 is 0 Å². The van der Waals surface area contributed by atoms with Crippen LogP contribution in [0.5, 0.6) is 0 Å². The van der Waals surface area contributed by atoms with Gasteiger partial charge in [-0.1, -0.05) is 54.3 Å². The number of thioether (sulfide) groups is 1.